The normalized spacial score (nSPS) is 13.5. The minimum Gasteiger partial charge on any atom is -0.340 e. The summed E-state index contributed by atoms with van der Waals surface area (Å²) in [6, 6.07) is 31.3. The molecule has 3 aromatic carbocycles. The van der Waals surface area contributed by atoms with Gasteiger partial charge in [-0.2, -0.15) is 0 Å². The number of rotatable bonds is 16. The molecule has 0 aliphatic carbocycles. The number of nitrogens with zero attached hydrogens (tertiary/aromatic N) is 4. The van der Waals surface area contributed by atoms with E-state index in [9.17, 15) is 0 Å². The summed E-state index contributed by atoms with van der Waals surface area (Å²) in [5.41, 5.74) is 9.69. The van der Waals surface area contributed by atoms with Crippen LogP contribution in [0.5, 0.6) is 0 Å². The van der Waals surface area contributed by atoms with Gasteiger partial charge >= 0.3 is 0 Å². The molecule has 7 rings (SSSR count). The summed E-state index contributed by atoms with van der Waals surface area (Å²) in [5.74, 6) is 1.29. The van der Waals surface area contributed by atoms with Crippen molar-refractivity contribution in [2.24, 2.45) is 11.8 Å². The van der Waals surface area contributed by atoms with Crippen LogP contribution in [0.1, 0.15) is 102 Å². The molecular weight excluding hydrogens is 633 g/mol. The molecule has 4 heterocycles. The zero-order valence-electron chi connectivity index (χ0n) is 31.6. The van der Waals surface area contributed by atoms with E-state index in [0.29, 0.717) is 11.8 Å². The van der Waals surface area contributed by atoms with E-state index in [0.717, 1.165) is 24.5 Å². The lowest BCUT2D eigenvalue weighted by Gasteiger charge is -2.18. The molecule has 266 valence electrons. The Balaban J connectivity index is 1.44. The Morgan fingerprint density at radius 1 is 0.500 bits per heavy atom. The third-order valence-electron chi connectivity index (χ3n) is 11.1. The van der Waals surface area contributed by atoms with E-state index in [1.807, 2.05) is 36.7 Å². The van der Waals surface area contributed by atoms with Gasteiger partial charge in [-0.15, -0.1) is 0 Å². The Labute approximate surface area is 309 Å². The molecular formula is C48H54N4. The Morgan fingerprint density at radius 3 is 1.33 bits per heavy atom. The van der Waals surface area contributed by atoms with Crippen LogP contribution >= 0.6 is 0 Å². The molecule has 0 radical (unpaired) electrons. The number of benzene rings is 3. The van der Waals surface area contributed by atoms with Gasteiger partial charge in [-0.05, 0) is 109 Å². The predicted octanol–water partition coefficient (Wildman–Crippen LogP) is 13.5. The number of unbranched alkanes of at least 4 members (excludes halogenated alkanes) is 2. The predicted molar refractivity (Wildman–Crippen MR) is 225 cm³/mol. The van der Waals surface area contributed by atoms with Crippen LogP contribution < -0.4 is 0 Å². The van der Waals surface area contributed by atoms with Crippen LogP contribution in [0.4, 0.5) is 0 Å². The fourth-order valence-corrected chi connectivity index (χ4v) is 7.99. The van der Waals surface area contributed by atoms with Crippen molar-refractivity contribution < 1.29 is 0 Å². The van der Waals surface area contributed by atoms with Crippen molar-refractivity contribution in [2.75, 3.05) is 0 Å². The minimum absolute atomic E-state index is 0.645. The van der Waals surface area contributed by atoms with Gasteiger partial charge in [0.05, 0.1) is 11.4 Å². The second-order valence-electron chi connectivity index (χ2n) is 14.7. The van der Waals surface area contributed by atoms with Crippen LogP contribution in [0, 0.1) is 11.8 Å². The van der Waals surface area contributed by atoms with Crippen molar-refractivity contribution in [3.63, 3.8) is 0 Å². The first-order chi connectivity index (χ1) is 25.6. The maximum atomic E-state index is 4.52. The molecule has 0 saturated carbocycles. The maximum absolute atomic E-state index is 4.52. The molecule has 0 amide bonds. The quantitative estimate of drug-likeness (QED) is 0.101. The van der Waals surface area contributed by atoms with E-state index < -0.39 is 0 Å². The molecule has 0 bridgehead atoms. The SMILES string of the molecule is CCCCC(CC)Cn1c2ccc(/C=C/c3ccccn3)cc2c2cc3c(cc21)c1cc(/C=C/c2ccccn2)ccc1n3CC(CC)CCCC. The van der Waals surface area contributed by atoms with Crippen molar-refractivity contribution >= 4 is 67.9 Å². The minimum atomic E-state index is 0.645. The van der Waals surface area contributed by atoms with Gasteiger partial charge in [-0.3, -0.25) is 9.97 Å². The summed E-state index contributed by atoms with van der Waals surface area (Å²) < 4.78 is 5.29. The lowest BCUT2D eigenvalue weighted by molar-refractivity contribution is 0.400. The van der Waals surface area contributed by atoms with E-state index in [-0.39, 0.29) is 0 Å². The Hall–Kier alpha value is -4.96. The van der Waals surface area contributed by atoms with Gasteiger partial charge in [-0.1, -0.05) is 103 Å². The highest BCUT2D eigenvalue weighted by molar-refractivity contribution is 6.18. The van der Waals surface area contributed by atoms with Crippen LogP contribution in [-0.4, -0.2) is 19.1 Å². The summed E-state index contributed by atoms with van der Waals surface area (Å²) in [6.07, 6.45) is 22.3. The largest absolute Gasteiger partial charge is 0.340 e. The highest BCUT2D eigenvalue weighted by Crippen LogP contribution is 2.39. The van der Waals surface area contributed by atoms with E-state index in [1.54, 1.807) is 0 Å². The zero-order valence-corrected chi connectivity index (χ0v) is 31.6. The molecule has 0 aliphatic rings. The highest BCUT2D eigenvalue weighted by atomic mass is 15.0. The van der Waals surface area contributed by atoms with Crippen LogP contribution in [0.3, 0.4) is 0 Å². The summed E-state index contributed by atoms with van der Waals surface area (Å²) in [4.78, 5) is 9.04. The fraction of sp³-hybridized carbons (Fsp3) is 0.333. The smallest absolute Gasteiger partial charge is 0.0629 e. The van der Waals surface area contributed by atoms with Gasteiger partial charge in [0.15, 0.2) is 0 Å². The molecule has 4 heteroatoms. The van der Waals surface area contributed by atoms with E-state index in [2.05, 4.69) is 132 Å². The molecule has 2 atom stereocenters. The van der Waals surface area contributed by atoms with Gasteiger partial charge in [0, 0.05) is 69.1 Å². The fourth-order valence-electron chi connectivity index (χ4n) is 7.99. The second-order valence-corrected chi connectivity index (χ2v) is 14.7. The Morgan fingerprint density at radius 2 is 0.942 bits per heavy atom. The first-order valence-corrected chi connectivity index (χ1v) is 19.8. The third-order valence-corrected chi connectivity index (χ3v) is 11.1. The molecule has 52 heavy (non-hydrogen) atoms. The number of hydrogen-bond donors (Lipinski definition) is 0. The van der Waals surface area contributed by atoms with Crippen LogP contribution in [0.25, 0.3) is 67.9 Å². The van der Waals surface area contributed by atoms with Gasteiger partial charge < -0.3 is 9.13 Å². The number of pyridine rings is 2. The molecule has 0 N–H and O–H groups in total. The maximum Gasteiger partial charge on any atom is 0.0629 e. The van der Waals surface area contributed by atoms with Crippen LogP contribution in [-0.2, 0) is 13.1 Å². The summed E-state index contributed by atoms with van der Waals surface area (Å²) in [7, 11) is 0. The van der Waals surface area contributed by atoms with E-state index in [1.165, 1.54) is 106 Å². The number of aromatic nitrogens is 4. The molecule has 4 aromatic heterocycles. The van der Waals surface area contributed by atoms with E-state index >= 15 is 0 Å². The van der Waals surface area contributed by atoms with Crippen molar-refractivity contribution in [3.05, 3.63) is 120 Å². The van der Waals surface area contributed by atoms with Crippen molar-refractivity contribution in [2.45, 2.75) is 92.2 Å². The van der Waals surface area contributed by atoms with Gasteiger partial charge in [0.25, 0.3) is 0 Å². The summed E-state index contributed by atoms with van der Waals surface area (Å²) in [5, 5.41) is 5.36. The first kappa shape index (κ1) is 35.4. The topological polar surface area (TPSA) is 35.6 Å². The monoisotopic (exact) mass is 686 g/mol. The molecule has 2 unspecified atom stereocenters. The average Bonchev–Trinajstić information content (AvgIpc) is 3.66. The molecule has 0 aliphatic heterocycles. The number of hydrogen-bond acceptors (Lipinski definition) is 2. The molecule has 7 aromatic rings. The number of fused-ring (bicyclic) bond motifs is 6. The van der Waals surface area contributed by atoms with Crippen molar-refractivity contribution in [1.82, 2.24) is 19.1 Å². The van der Waals surface area contributed by atoms with E-state index in [4.69, 9.17) is 0 Å². The van der Waals surface area contributed by atoms with Gasteiger partial charge in [0.2, 0.25) is 0 Å². The van der Waals surface area contributed by atoms with Crippen molar-refractivity contribution in [1.29, 1.82) is 0 Å². The lowest BCUT2D eigenvalue weighted by Crippen LogP contribution is -2.10. The second kappa shape index (κ2) is 16.6. The molecule has 0 spiro atoms. The van der Waals surface area contributed by atoms with Gasteiger partial charge in [-0.25, -0.2) is 0 Å². The lowest BCUT2D eigenvalue weighted by atomic mass is 9.99. The standard InChI is InChI=1S/C48H54N4/c1-5-9-15-35(7-3)33-51-45-25-21-37(19-23-39-17-11-13-27-49-39)29-41(45)43-32-48-44(31-47(43)51)42-30-38(20-24-40-18-12-14-28-50-40)22-26-46(42)52(48)34-36(8-4)16-10-6-2/h11-14,17-32,35-36H,5-10,15-16,33-34H2,1-4H3/b23-19+,24-20+. The first-order valence-electron chi connectivity index (χ1n) is 19.8. The average molecular weight is 687 g/mol. The molecule has 0 saturated heterocycles. The molecule has 4 nitrogen and oxygen atoms in total. The Bertz CT molecular complexity index is 2140. The molecule has 0 fully saturated rings. The zero-order chi connectivity index (χ0) is 35.9. The van der Waals surface area contributed by atoms with Crippen molar-refractivity contribution in [3.8, 4) is 0 Å². The summed E-state index contributed by atoms with van der Waals surface area (Å²) >= 11 is 0. The third kappa shape index (κ3) is 7.62. The van der Waals surface area contributed by atoms with Crippen LogP contribution in [0.15, 0.2) is 97.3 Å². The van der Waals surface area contributed by atoms with Crippen LogP contribution in [0.2, 0.25) is 0 Å². The Kier molecular flexibility index (Phi) is 11.3. The van der Waals surface area contributed by atoms with Gasteiger partial charge in [0.1, 0.15) is 0 Å². The summed E-state index contributed by atoms with van der Waals surface area (Å²) in [6.45, 7) is 11.4. The highest BCUT2D eigenvalue weighted by Gasteiger charge is 2.20.